The number of aromatic nitrogens is 2. The maximum absolute atomic E-state index is 12.1. The minimum Gasteiger partial charge on any atom is -0.499 e. The lowest BCUT2D eigenvalue weighted by Crippen LogP contribution is -2.52. The minimum atomic E-state index is -3.43. The summed E-state index contributed by atoms with van der Waals surface area (Å²) >= 11 is 0. The number of rotatable bonds is 5. The summed E-state index contributed by atoms with van der Waals surface area (Å²) in [5.74, 6) is 0.0661. The quantitative estimate of drug-likeness (QED) is 0.732. The van der Waals surface area contributed by atoms with Crippen molar-refractivity contribution < 1.29 is 23.0 Å². The molecule has 0 radical (unpaired) electrons. The summed E-state index contributed by atoms with van der Waals surface area (Å²) in [5.41, 5.74) is 0. The number of hydrogen-bond donors (Lipinski definition) is 1. The van der Waals surface area contributed by atoms with E-state index in [0.29, 0.717) is 32.1 Å². The van der Waals surface area contributed by atoms with Crippen molar-refractivity contribution in [3.05, 3.63) is 0 Å². The lowest BCUT2D eigenvalue weighted by atomic mass is 10.4. The Kier molecular flexibility index (Phi) is 5.12. The van der Waals surface area contributed by atoms with Gasteiger partial charge in [-0.3, -0.25) is 0 Å². The van der Waals surface area contributed by atoms with Gasteiger partial charge in [0.05, 0.1) is 14.2 Å². The van der Waals surface area contributed by atoms with Crippen molar-refractivity contribution in [1.82, 2.24) is 18.6 Å². The third-order valence-corrected chi connectivity index (χ3v) is 5.44. The van der Waals surface area contributed by atoms with E-state index in [9.17, 15) is 13.5 Å². The van der Waals surface area contributed by atoms with Crippen LogP contribution < -0.4 is 14.4 Å². The Bertz CT molecular complexity index is 633. The number of anilines is 1. The molecule has 1 aromatic rings. The molecule has 2 heterocycles. The van der Waals surface area contributed by atoms with Gasteiger partial charge in [0, 0.05) is 40.3 Å². The molecular formula is C12H21N5O5S. The summed E-state index contributed by atoms with van der Waals surface area (Å²) in [4.78, 5) is 10.1. The van der Waals surface area contributed by atoms with Crippen LogP contribution in [-0.4, -0.2) is 86.6 Å². The molecule has 23 heavy (non-hydrogen) atoms. The van der Waals surface area contributed by atoms with Crippen LogP contribution in [0.1, 0.15) is 0 Å². The monoisotopic (exact) mass is 347 g/mol. The summed E-state index contributed by atoms with van der Waals surface area (Å²) in [6.45, 7) is 1.47. The van der Waals surface area contributed by atoms with Gasteiger partial charge in [0.2, 0.25) is 11.7 Å². The molecule has 0 unspecified atom stereocenters. The highest BCUT2D eigenvalue weighted by Crippen LogP contribution is 2.34. The maximum atomic E-state index is 12.1. The first-order chi connectivity index (χ1) is 10.8. The normalized spacial score (nSPS) is 16.7. The van der Waals surface area contributed by atoms with Crippen LogP contribution in [0.2, 0.25) is 0 Å². The zero-order chi connectivity index (χ0) is 17.2. The molecule has 0 saturated carbocycles. The minimum absolute atomic E-state index is 0.00944. The third-order valence-electron chi connectivity index (χ3n) is 3.50. The van der Waals surface area contributed by atoms with Crippen molar-refractivity contribution in [3.63, 3.8) is 0 Å². The highest BCUT2D eigenvalue weighted by molar-refractivity contribution is 7.86. The largest absolute Gasteiger partial charge is 0.499 e. The van der Waals surface area contributed by atoms with Gasteiger partial charge in [-0.1, -0.05) is 0 Å². The van der Waals surface area contributed by atoms with E-state index in [-0.39, 0.29) is 17.5 Å². The first-order valence-corrected chi connectivity index (χ1v) is 8.32. The van der Waals surface area contributed by atoms with E-state index < -0.39 is 10.2 Å². The Balaban J connectivity index is 2.17. The maximum Gasteiger partial charge on any atom is 0.281 e. The van der Waals surface area contributed by atoms with E-state index in [1.165, 1.54) is 36.9 Å². The topological polar surface area (TPSA) is 108 Å². The Morgan fingerprint density at radius 3 is 1.91 bits per heavy atom. The van der Waals surface area contributed by atoms with Crippen LogP contribution in [0.15, 0.2) is 0 Å². The van der Waals surface area contributed by atoms with Crippen LogP contribution in [0, 0.1) is 0 Å². The molecule has 1 aromatic heterocycles. The molecule has 0 atom stereocenters. The number of methoxy groups -OCH3 is 2. The van der Waals surface area contributed by atoms with E-state index in [0.717, 1.165) is 0 Å². The fraction of sp³-hybridized carbons (Fsp3) is 0.667. The highest BCUT2D eigenvalue weighted by Gasteiger charge is 2.30. The third kappa shape index (κ3) is 3.41. The number of aromatic hydroxyl groups is 1. The SMILES string of the molecule is COc1nc(N2CCN(S(=O)(=O)N(C)C)CC2)nc(OC)c1O. The van der Waals surface area contributed by atoms with Gasteiger partial charge in [-0.05, 0) is 0 Å². The first-order valence-electron chi connectivity index (χ1n) is 6.92. The van der Waals surface area contributed by atoms with E-state index in [1.54, 1.807) is 0 Å². The van der Waals surface area contributed by atoms with Crippen LogP contribution in [-0.2, 0) is 10.2 Å². The van der Waals surface area contributed by atoms with Crippen molar-refractivity contribution in [3.8, 4) is 17.5 Å². The fourth-order valence-electron chi connectivity index (χ4n) is 2.18. The molecule has 1 aliphatic rings. The van der Waals surface area contributed by atoms with Gasteiger partial charge < -0.3 is 19.5 Å². The highest BCUT2D eigenvalue weighted by atomic mass is 32.2. The van der Waals surface area contributed by atoms with E-state index in [4.69, 9.17) is 9.47 Å². The predicted octanol–water partition coefficient (Wildman–Crippen LogP) is -0.872. The van der Waals surface area contributed by atoms with E-state index in [2.05, 4.69) is 9.97 Å². The number of ether oxygens (including phenoxy) is 2. The molecule has 1 saturated heterocycles. The fourth-order valence-corrected chi connectivity index (χ4v) is 3.27. The molecule has 1 aliphatic heterocycles. The van der Waals surface area contributed by atoms with Gasteiger partial charge in [-0.15, -0.1) is 0 Å². The molecule has 0 aromatic carbocycles. The lowest BCUT2D eigenvalue weighted by Gasteiger charge is -2.35. The molecule has 1 N–H and O–H groups in total. The van der Waals surface area contributed by atoms with E-state index >= 15 is 0 Å². The summed E-state index contributed by atoms with van der Waals surface area (Å²) in [6.07, 6.45) is 0. The first kappa shape index (κ1) is 17.5. The zero-order valence-electron chi connectivity index (χ0n) is 13.6. The van der Waals surface area contributed by atoms with Gasteiger partial charge in [0.15, 0.2) is 0 Å². The zero-order valence-corrected chi connectivity index (χ0v) is 14.4. The second-order valence-corrected chi connectivity index (χ2v) is 7.21. The Morgan fingerprint density at radius 1 is 1.04 bits per heavy atom. The Morgan fingerprint density at radius 2 is 1.52 bits per heavy atom. The van der Waals surface area contributed by atoms with Crippen molar-refractivity contribution in [2.75, 3.05) is 59.4 Å². The number of hydrogen-bond acceptors (Lipinski definition) is 8. The summed E-state index contributed by atoms with van der Waals surface area (Å²) in [7, 11) is 2.34. The van der Waals surface area contributed by atoms with Gasteiger partial charge in [-0.25, -0.2) is 0 Å². The lowest BCUT2D eigenvalue weighted by molar-refractivity contribution is 0.317. The van der Waals surface area contributed by atoms with Gasteiger partial charge in [0.25, 0.3) is 22.0 Å². The molecule has 1 fully saturated rings. The van der Waals surface area contributed by atoms with Crippen molar-refractivity contribution in [2.45, 2.75) is 0 Å². The molecule has 0 spiro atoms. The molecule has 10 nitrogen and oxygen atoms in total. The molecular weight excluding hydrogens is 326 g/mol. The molecule has 0 aliphatic carbocycles. The summed E-state index contributed by atoms with van der Waals surface area (Å²) < 4.78 is 36.8. The van der Waals surface area contributed by atoms with Gasteiger partial charge in [-0.2, -0.15) is 27.0 Å². The van der Waals surface area contributed by atoms with Crippen LogP contribution in [0.3, 0.4) is 0 Å². The summed E-state index contributed by atoms with van der Waals surface area (Å²) in [5, 5.41) is 9.83. The molecule has 0 amide bonds. The number of piperazine rings is 1. The molecule has 11 heteroatoms. The summed E-state index contributed by atoms with van der Waals surface area (Å²) in [6, 6.07) is 0. The van der Waals surface area contributed by atoms with Gasteiger partial charge in [0.1, 0.15) is 0 Å². The van der Waals surface area contributed by atoms with Crippen LogP contribution in [0.4, 0.5) is 5.95 Å². The van der Waals surface area contributed by atoms with Crippen molar-refractivity contribution in [1.29, 1.82) is 0 Å². The molecule has 0 bridgehead atoms. The van der Waals surface area contributed by atoms with Crippen LogP contribution >= 0.6 is 0 Å². The second-order valence-electron chi connectivity index (χ2n) is 5.07. The van der Waals surface area contributed by atoms with Crippen molar-refractivity contribution in [2.24, 2.45) is 0 Å². The smallest absolute Gasteiger partial charge is 0.281 e. The Hall–Kier alpha value is -1.85. The predicted molar refractivity (Wildman–Crippen MR) is 83.2 cm³/mol. The van der Waals surface area contributed by atoms with Crippen LogP contribution in [0.25, 0.3) is 0 Å². The van der Waals surface area contributed by atoms with Crippen molar-refractivity contribution >= 4 is 16.2 Å². The molecule has 2 rings (SSSR count). The standard InChI is InChI=1S/C12H21N5O5S/c1-15(2)23(19,20)17-7-5-16(6-8-17)12-13-10(21-3)9(18)11(14-12)22-4/h18H,5-8H2,1-4H3. The van der Waals surface area contributed by atoms with Gasteiger partial charge >= 0.3 is 0 Å². The number of nitrogens with zero attached hydrogens (tertiary/aromatic N) is 5. The Labute approximate surface area is 135 Å². The average Bonchev–Trinajstić information content (AvgIpc) is 2.55. The molecule has 130 valence electrons. The van der Waals surface area contributed by atoms with E-state index in [1.807, 2.05) is 4.90 Å². The average molecular weight is 347 g/mol. The van der Waals surface area contributed by atoms with Crippen LogP contribution in [0.5, 0.6) is 17.5 Å². The second kappa shape index (κ2) is 6.72.